The molecule has 0 radical (unpaired) electrons. The van der Waals surface area contributed by atoms with Crippen LogP contribution in [0.15, 0.2) is 0 Å². The van der Waals surface area contributed by atoms with Crippen LogP contribution in [0.2, 0.25) is 0 Å². The molecule has 1 aliphatic carbocycles. The van der Waals surface area contributed by atoms with E-state index in [2.05, 4.69) is 0 Å². The molecule has 0 spiro atoms. The first kappa shape index (κ1) is 12.3. The van der Waals surface area contributed by atoms with Gasteiger partial charge >= 0.3 is 5.97 Å². The topological polar surface area (TPSA) is 87.9 Å². The first-order valence-corrected chi connectivity index (χ1v) is 5.58. The summed E-state index contributed by atoms with van der Waals surface area (Å²) in [7, 11) is 0. The Bertz CT molecular complexity index is 320. The van der Waals surface area contributed by atoms with Crippen molar-refractivity contribution in [3.8, 4) is 0 Å². The number of ether oxygens (including phenoxy) is 3. The van der Waals surface area contributed by atoms with Crippen molar-refractivity contribution in [2.24, 2.45) is 5.92 Å². The average molecular weight is 245 g/mol. The fraction of sp³-hybridized carbons (Fsp3) is 0.900. The number of nitro groups is 1. The molecule has 4 unspecified atom stereocenters. The second kappa shape index (κ2) is 4.97. The highest BCUT2D eigenvalue weighted by atomic mass is 16.7. The Balaban J connectivity index is 2.00. The van der Waals surface area contributed by atoms with Gasteiger partial charge in [0.2, 0.25) is 6.04 Å². The number of rotatable bonds is 3. The maximum atomic E-state index is 11.0. The van der Waals surface area contributed by atoms with E-state index in [9.17, 15) is 14.9 Å². The molecule has 2 rings (SSSR count). The molecule has 1 heterocycles. The summed E-state index contributed by atoms with van der Waals surface area (Å²) in [5.41, 5.74) is 0. The van der Waals surface area contributed by atoms with Crippen LogP contribution >= 0.6 is 0 Å². The number of hydrogen-bond acceptors (Lipinski definition) is 6. The molecular weight excluding hydrogens is 230 g/mol. The van der Waals surface area contributed by atoms with Crippen molar-refractivity contribution in [3.05, 3.63) is 10.1 Å². The number of carbonyl (C=O) groups excluding carboxylic acids is 1. The average Bonchev–Trinajstić information content (AvgIpc) is 2.71. The van der Waals surface area contributed by atoms with Crippen LogP contribution in [-0.2, 0) is 19.0 Å². The summed E-state index contributed by atoms with van der Waals surface area (Å²) in [6.07, 6.45) is 0.526. The van der Waals surface area contributed by atoms with E-state index in [1.165, 1.54) is 6.92 Å². The van der Waals surface area contributed by atoms with Crippen molar-refractivity contribution in [2.45, 2.75) is 38.0 Å². The lowest BCUT2D eigenvalue weighted by Gasteiger charge is -2.31. The van der Waals surface area contributed by atoms with Crippen LogP contribution in [-0.4, -0.2) is 42.5 Å². The third-order valence-electron chi connectivity index (χ3n) is 3.30. The zero-order chi connectivity index (χ0) is 12.4. The normalized spacial score (nSPS) is 36.3. The first-order valence-electron chi connectivity index (χ1n) is 5.58. The summed E-state index contributed by atoms with van der Waals surface area (Å²) in [4.78, 5) is 21.4. The molecule has 2 fully saturated rings. The molecule has 0 aromatic carbocycles. The second-order valence-electron chi connectivity index (χ2n) is 4.41. The zero-order valence-electron chi connectivity index (χ0n) is 9.53. The van der Waals surface area contributed by atoms with E-state index in [1.54, 1.807) is 0 Å². The molecule has 0 amide bonds. The van der Waals surface area contributed by atoms with Crippen LogP contribution in [0, 0.1) is 16.0 Å². The molecule has 4 atom stereocenters. The van der Waals surface area contributed by atoms with E-state index in [0.29, 0.717) is 12.8 Å². The molecule has 1 saturated carbocycles. The Kier molecular flexibility index (Phi) is 3.58. The van der Waals surface area contributed by atoms with E-state index < -0.39 is 12.0 Å². The van der Waals surface area contributed by atoms with Crippen molar-refractivity contribution in [3.63, 3.8) is 0 Å². The fourth-order valence-electron chi connectivity index (χ4n) is 2.42. The lowest BCUT2D eigenvalue weighted by Crippen LogP contribution is -2.45. The van der Waals surface area contributed by atoms with Gasteiger partial charge in [-0.25, -0.2) is 0 Å². The van der Waals surface area contributed by atoms with Crippen LogP contribution in [0.5, 0.6) is 0 Å². The Morgan fingerprint density at radius 1 is 1.41 bits per heavy atom. The molecule has 7 nitrogen and oxygen atoms in total. The van der Waals surface area contributed by atoms with Crippen molar-refractivity contribution in [1.29, 1.82) is 0 Å². The van der Waals surface area contributed by atoms with Gasteiger partial charge in [0.25, 0.3) is 0 Å². The molecule has 0 bridgehead atoms. The highest BCUT2D eigenvalue weighted by molar-refractivity contribution is 5.65. The van der Waals surface area contributed by atoms with Gasteiger partial charge in [-0.2, -0.15) is 0 Å². The quantitative estimate of drug-likeness (QED) is 0.405. The monoisotopic (exact) mass is 245 g/mol. The van der Waals surface area contributed by atoms with Crippen LogP contribution < -0.4 is 0 Å². The second-order valence-corrected chi connectivity index (χ2v) is 4.41. The summed E-state index contributed by atoms with van der Waals surface area (Å²) in [5, 5.41) is 11.0. The van der Waals surface area contributed by atoms with Gasteiger partial charge in [-0.05, 0) is 6.42 Å². The molecule has 96 valence electrons. The molecule has 0 aromatic heterocycles. The predicted octanol–water partition coefficient (Wildman–Crippen LogP) is 0.346. The van der Waals surface area contributed by atoms with Crippen LogP contribution in [0.25, 0.3) is 0 Å². The summed E-state index contributed by atoms with van der Waals surface area (Å²) < 4.78 is 15.5. The minimum Gasteiger partial charge on any atom is -0.465 e. The summed E-state index contributed by atoms with van der Waals surface area (Å²) in [5.74, 6) is -0.713. The maximum absolute atomic E-state index is 11.0. The highest BCUT2D eigenvalue weighted by Gasteiger charge is 2.47. The minimum absolute atomic E-state index is 0.0769. The third-order valence-corrected chi connectivity index (χ3v) is 3.30. The van der Waals surface area contributed by atoms with Gasteiger partial charge in [-0.1, -0.05) is 0 Å². The van der Waals surface area contributed by atoms with E-state index >= 15 is 0 Å². The number of carbonyl (C=O) groups is 1. The summed E-state index contributed by atoms with van der Waals surface area (Å²) in [6, 6.07) is -0.725. The lowest BCUT2D eigenvalue weighted by atomic mass is 9.82. The predicted molar refractivity (Wildman–Crippen MR) is 54.8 cm³/mol. The SMILES string of the molecule is CC(=O)OCC1CC2OCOC2CC1[N+](=O)[O-]. The van der Waals surface area contributed by atoms with Crippen LogP contribution in [0.3, 0.4) is 0 Å². The number of fused-ring (bicyclic) bond motifs is 1. The third kappa shape index (κ3) is 2.73. The van der Waals surface area contributed by atoms with Crippen LogP contribution in [0.1, 0.15) is 19.8 Å². The molecular formula is C10H15NO6. The molecule has 1 aliphatic heterocycles. The maximum Gasteiger partial charge on any atom is 0.302 e. The van der Waals surface area contributed by atoms with Gasteiger partial charge in [0.1, 0.15) is 13.4 Å². The zero-order valence-corrected chi connectivity index (χ0v) is 9.53. The van der Waals surface area contributed by atoms with Gasteiger partial charge in [0, 0.05) is 18.3 Å². The Hall–Kier alpha value is -1.21. The number of hydrogen-bond donors (Lipinski definition) is 0. The molecule has 17 heavy (non-hydrogen) atoms. The fourth-order valence-corrected chi connectivity index (χ4v) is 2.42. The van der Waals surface area contributed by atoms with Gasteiger partial charge in [-0.3, -0.25) is 14.9 Å². The Labute approximate surface area is 98.2 Å². The largest absolute Gasteiger partial charge is 0.465 e. The van der Waals surface area contributed by atoms with Crippen molar-refractivity contribution < 1.29 is 23.9 Å². The van der Waals surface area contributed by atoms with E-state index in [-0.39, 0.29) is 36.4 Å². The molecule has 0 N–H and O–H groups in total. The first-order chi connectivity index (χ1) is 8.08. The van der Waals surface area contributed by atoms with Gasteiger partial charge in [0.15, 0.2) is 0 Å². The van der Waals surface area contributed by atoms with Crippen molar-refractivity contribution in [1.82, 2.24) is 0 Å². The minimum atomic E-state index is -0.725. The van der Waals surface area contributed by atoms with Crippen molar-refractivity contribution >= 4 is 5.97 Å². The molecule has 7 heteroatoms. The van der Waals surface area contributed by atoms with E-state index in [0.717, 1.165) is 0 Å². The molecule has 1 saturated heterocycles. The van der Waals surface area contributed by atoms with Gasteiger partial charge in [-0.15, -0.1) is 0 Å². The van der Waals surface area contributed by atoms with E-state index in [4.69, 9.17) is 14.2 Å². The Morgan fingerprint density at radius 3 is 2.65 bits per heavy atom. The standard InChI is InChI=1S/C10H15NO6/c1-6(12)15-4-7-2-9-10(17-5-16-9)3-8(7)11(13)14/h7-10H,2-5H2,1H3. The smallest absolute Gasteiger partial charge is 0.302 e. The van der Waals surface area contributed by atoms with Gasteiger partial charge in [0.05, 0.1) is 18.1 Å². The number of esters is 1. The number of nitrogens with zero attached hydrogens (tertiary/aromatic N) is 1. The van der Waals surface area contributed by atoms with Crippen molar-refractivity contribution in [2.75, 3.05) is 13.4 Å². The highest BCUT2D eigenvalue weighted by Crippen LogP contribution is 2.33. The van der Waals surface area contributed by atoms with E-state index in [1.807, 2.05) is 0 Å². The van der Waals surface area contributed by atoms with Gasteiger partial charge < -0.3 is 14.2 Å². The van der Waals surface area contributed by atoms with Crippen LogP contribution in [0.4, 0.5) is 0 Å². The summed E-state index contributed by atoms with van der Waals surface area (Å²) >= 11 is 0. The lowest BCUT2D eigenvalue weighted by molar-refractivity contribution is -0.538. The molecule has 2 aliphatic rings. The summed E-state index contributed by atoms with van der Waals surface area (Å²) in [6.45, 7) is 1.57. The Morgan fingerprint density at radius 2 is 2.06 bits per heavy atom. The molecule has 0 aromatic rings.